The minimum Gasteiger partial charge on any atom is -0.493 e. The fraction of sp³-hybridized carbons (Fsp3) is 0.222. The molecule has 1 aromatic heterocycles. The largest absolute Gasteiger partial charge is 0.493 e. The molecule has 148 valence electrons. The number of ether oxygens (including phenoxy) is 3. The van der Waals surface area contributed by atoms with Gasteiger partial charge in [-0.25, -0.2) is 0 Å². The molecule has 0 radical (unpaired) electrons. The number of sulfonamides is 1. The van der Waals surface area contributed by atoms with E-state index in [-0.39, 0.29) is 16.2 Å². The van der Waals surface area contributed by atoms with Crippen LogP contribution in [0, 0.1) is 0 Å². The van der Waals surface area contributed by atoms with Gasteiger partial charge in [0, 0.05) is 12.1 Å². The van der Waals surface area contributed by atoms with Crippen LogP contribution < -0.4 is 14.3 Å². The van der Waals surface area contributed by atoms with Gasteiger partial charge in [-0.3, -0.25) is 4.79 Å². The number of methoxy groups -OCH3 is 3. The SMILES string of the molecule is COC(=O)Cn1/c(=N/S(=O)(=O)c2ccccc2)sc2cc(OC)c(OC)cc21. The number of nitrogens with zero attached hydrogens (tertiary/aromatic N) is 2. The normalized spacial score (nSPS) is 12.2. The number of benzene rings is 2. The number of rotatable bonds is 6. The summed E-state index contributed by atoms with van der Waals surface area (Å²) >= 11 is 1.12. The van der Waals surface area contributed by atoms with E-state index in [2.05, 4.69) is 4.40 Å². The van der Waals surface area contributed by atoms with E-state index in [1.54, 1.807) is 30.3 Å². The summed E-state index contributed by atoms with van der Waals surface area (Å²) in [7, 11) is 0.302. The molecular formula is C18H18N2O6S2. The minimum atomic E-state index is -3.96. The molecule has 0 bridgehead atoms. The first-order valence-electron chi connectivity index (χ1n) is 8.08. The Morgan fingerprint density at radius 3 is 2.32 bits per heavy atom. The molecule has 0 spiro atoms. The zero-order valence-corrected chi connectivity index (χ0v) is 17.0. The molecule has 0 N–H and O–H groups in total. The first kappa shape index (κ1) is 19.9. The van der Waals surface area contributed by atoms with Crippen LogP contribution in [0.15, 0.2) is 51.8 Å². The first-order chi connectivity index (χ1) is 13.4. The monoisotopic (exact) mass is 422 g/mol. The van der Waals surface area contributed by atoms with Gasteiger partial charge >= 0.3 is 5.97 Å². The molecule has 0 atom stereocenters. The van der Waals surface area contributed by atoms with E-state index in [0.717, 1.165) is 11.3 Å². The van der Waals surface area contributed by atoms with Gasteiger partial charge in [-0.15, -0.1) is 4.40 Å². The van der Waals surface area contributed by atoms with Crippen LogP contribution in [0.5, 0.6) is 11.5 Å². The maximum absolute atomic E-state index is 12.7. The zero-order valence-electron chi connectivity index (χ0n) is 15.4. The Bertz CT molecular complexity index is 1180. The van der Waals surface area contributed by atoms with E-state index in [1.165, 1.54) is 38.0 Å². The Morgan fingerprint density at radius 2 is 1.71 bits per heavy atom. The van der Waals surface area contributed by atoms with Crippen molar-refractivity contribution in [3.8, 4) is 11.5 Å². The van der Waals surface area contributed by atoms with E-state index < -0.39 is 16.0 Å². The van der Waals surface area contributed by atoms with Crippen LogP contribution in [0.1, 0.15) is 0 Å². The Labute approximate surface area is 165 Å². The van der Waals surface area contributed by atoms with Gasteiger partial charge in [0.05, 0.1) is 36.4 Å². The van der Waals surface area contributed by atoms with Crippen molar-refractivity contribution in [3.63, 3.8) is 0 Å². The Balaban J connectivity index is 2.29. The average Bonchev–Trinajstić information content (AvgIpc) is 3.02. The summed E-state index contributed by atoms with van der Waals surface area (Å²) in [6.45, 7) is -0.199. The van der Waals surface area contributed by atoms with Crippen LogP contribution in [-0.4, -0.2) is 40.3 Å². The summed E-state index contributed by atoms with van der Waals surface area (Å²) in [6.07, 6.45) is 0. The van der Waals surface area contributed by atoms with Crippen molar-refractivity contribution in [1.82, 2.24) is 4.57 Å². The minimum absolute atomic E-state index is 0.0623. The third kappa shape index (κ3) is 3.87. The molecule has 0 saturated carbocycles. The lowest BCUT2D eigenvalue weighted by Gasteiger charge is -2.09. The van der Waals surface area contributed by atoms with Gasteiger partial charge in [-0.2, -0.15) is 8.42 Å². The van der Waals surface area contributed by atoms with Crippen molar-refractivity contribution in [2.75, 3.05) is 21.3 Å². The van der Waals surface area contributed by atoms with Crippen LogP contribution in [-0.2, 0) is 26.1 Å². The molecule has 0 saturated heterocycles. The molecule has 8 nitrogen and oxygen atoms in total. The summed E-state index contributed by atoms with van der Waals surface area (Å²) in [5.41, 5.74) is 0.579. The van der Waals surface area contributed by atoms with Crippen LogP contribution in [0.3, 0.4) is 0 Å². The van der Waals surface area contributed by atoms with E-state index in [0.29, 0.717) is 21.7 Å². The highest BCUT2D eigenvalue weighted by Crippen LogP contribution is 2.33. The molecule has 0 aliphatic heterocycles. The molecule has 3 rings (SSSR count). The van der Waals surface area contributed by atoms with Crippen LogP contribution >= 0.6 is 11.3 Å². The number of hydrogen-bond donors (Lipinski definition) is 0. The Hall–Kier alpha value is -2.85. The second kappa shape index (κ2) is 8.03. The predicted octanol–water partition coefficient (Wildman–Crippen LogP) is 2.18. The molecule has 0 aliphatic carbocycles. The van der Waals surface area contributed by atoms with Crippen molar-refractivity contribution < 1.29 is 27.4 Å². The molecule has 2 aromatic carbocycles. The second-order valence-corrected chi connectivity index (χ2v) is 8.21. The Kier molecular flexibility index (Phi) is 5.71. The van der Waals surface area contributed by atoms with Crippen molar-refractivity contribution in [3.05, 3.63) is 47.3 Å². The summed E-state index contributed by atoms with van der Waals surface area (Å²) in [6, 6.07) is 11.2. The molecule has 3 aromatic rings. The molecule has 10 heteroatoms. The third-order valence-electron chi connectivity index (χ3n) is 3.94. The molecule has 0 aliphatic rings. The lowest BCUT2D eigenvalue weighted by Crippen LogP contribution is -2.22. The van der Waals surface area contributed by atoms with Crippen LogP contribution in [0.4, 0.5) is 0 Å². The summed E-state index contributed by atoms with van der Waals surface area (Å²) in [4.78, 5) is 12.1. The van der Waals surface area contributed by atoms with Gasteiger partial charge in [0.25, 0.3) is 10.0 Å². The highest BCUT2D eigenvalue weighted by Gasteiger charge is 2.18. The highest BCUT2D eigenvalue weighted by atomic mass is 32.2. The Morgan fingerprint density at radius 1 is 1.07 bits per heavy atom. The molecular weight excluding hydrogens is 404 g/mol. The van der Waals surface area contributed by atoms with Crippen LogP contribution in [0.2, 0.25) is 0 Å². The van der Waals surface area contributed by atoms with E-state index in [1.807, 2.05) is 0 Å². The second-order valence-electron chi connectivity index (χ2n) is 5.60. The number of carbonyl (C=O) groups is 1. The summed E-state index contributed by atoms with van der Waals surface area (Å²) in [5.74, 6) is 0.399. The van der Waals surface area contributed by atoms with Crippen molar-refractivity contribution in [2.45, 2.75) is 11.4 Å². The molecule has 0 unspecified atom stereocenters. The molecule has 1 heterocycles. The maximum atomic E-state index is 12.7. The molecule has 28 heavy (non-hydrogen) atoms. The average molecular weight is 422 g/mol. The molecule has 0 fully saturated rings. The lowest BCUT2D eigenvalue weighted by molar-refractivity contribution is -0.141. The fourth-order valence-corrected chi connectivity index (χ4v) is 4.82. The predicted molar refractivity (Wildman–Crippen MR) is 104 cm³/mol. The number of esters is 1. The van der Waals surface area contributed by atoms with E-state index in [9.17, 15) is 13.2 Å². The van der Waals surface area contributed by atoms with Gasteiger partial charge in [0.2, 0.25) is 4.80 Å². The number of thiazole rings is 1. The smallest absolute Gasteiger partial charge is 0.325 e. The number of fused-ring (bicyclic) bond motifs is 1. The maximum Gasteiger partial charge on any atom is 0.325 e. The quantitative estimate of drug-likeness (QED) is 0.565. The first-order valence-corrected chi connectivity index (χ1v) is 10.3. The number of hydrogen-bond acceptors (Lipinski definition) is 7. The zero-order chi connectivity index (χ0) is 20.3. The van der Waals surface area contributed by atoms with Crippen molar-refractivity contribution >= 4 is 37.5 Å². The highest BCUT2D eigenvalue weighted by molar-refractivity contribution is 7.90. The van der Waals surface area contributed by atoms with Gasteiger partial charge in [0.1, 0.15) is 6.54 Å². The standard InChI is InChI=1S/C18H18N2O6S2/c1-24-14-9-13-16(10-15(14)25-2)27-18(20(13)11-17(21)26-3)19-28(22,23)12-7-5-4-6-8-12/h4-10H,11H2,1-3H3/b19-18-. The topological polar surface area (TPSA) is 96.2 Å². The summed E-state index contributed by atoms with van der Waals surface area (Å²) < 4.78 is 46.9. The van der Waals surface area contributed by atoms with E-state index in [4.69, 9.17) is 14.2 Å². The van der Waals surface area contributed by atoms with Gasteiger partial charge in [-0.05, 0) is 12.1 Å². The van der Waals surface area contributed by atoms with Gasteiger partial charge in [-0.1, -0.05) is 29.5 Å². The van der Waals surface area contributed by atoms with E-state index >= 15 is 0 Å². The van der Waals surface area contributed by atoms with Crippen LogP contribution in [0.25, 0.3) is 10.2 Å². The van der Waals surface area contributed by atoms with Crippen molar-refractivity contribution in [2.24, 2.45) is 4.40 Å². The molecule has 0 amide bonds. The van der Waals surface area contributed by atoms with Crippen molar-refractivity contribution in [1.29, 1.82) is 0 Å². The van der Waals surface area contributed by atoms with Gasteiger partial charge < -0.3 is 18.8 Å². The van der Waals surface area contributed by atoms with Gasteiger partial charge in [0.15, 0.2) is 11.5 Å². The number of carbonyl (C=O) groups excluding carboxylic acids is 1. The lowest BCUT2D eigenvalue weighted by atomic mass is 10.3. The number of aromatic nitrogens is 1. The summed E-state index contributed by atoms with van der Waals surface area (Å²) in [5, 5.41) is 0. The third-order valence-corrected chi connectivity index (χ3v) is 6.38. The fourth-order valence-electron chi connectivity index (χ4n) is 2.56.